The van der Waals surface area contributed by atoms with E-state index in [0.717, 1.165) is 5.56 Å². The number of nitrogens with one attached hydrogen (secondary N) is 1. The van der Waals surface area contributed by atoms with Crippen LogP contribution < -0.4 is 15.0 Å². The monoisotopic (exact) mass is 378 g/mol. The zero-order chi connectivity index (χ0) is 18.5. The number of rotatable bonds is 5. The molecule has 0 aliphatic carbocycles. The fourth-order valence-corrected chi connectivity index (χ4v) is 2.56. The number of carbonyl (C=O) groups excluding carboxylic acids is 1. The first-order valence-electron chi connectivity index (χ1n) is 8.08. The number of hydrogen-bond donors (Lipinski definition) is 1. The SMILES string of the molecule is COc1cnc(C(=O)NCc2nc(N3CCOCC3)nc(Cl)c2C)nc1. The van der Waals surface area contributed by atoms with Gasteiger partial charge in [-0.25, -0.2) is 19.9 Å². The van der Waals surface area contributed by atoms with E-state index in [1.807, 2.05) is 11.8 Å². The van der Waals surface area contributed by atoms with Gasteiger partial charge in [-0.1, -0.05) is 11.6 Å². The van der Waals surface area contributed by atoms with Crippen LogP contribution in [0.15, 0.2) is 12.4 Å². The van der Waals surface area contributed by atoms with E-state index >= 15 is 0 Å². The molecule has 1 aliphatic heterocycles. The van der Waals surface area contributed by atoms with Crippen molar-refractivity contribution < 1.29 is 14.3 Å². The van der Waals surface area contributed by atoms with Gasteiger partial charge in [-0.2, -0.15) is 0 Å². The van der Waals surface area contributed by atoms with Crippen molar-refractivity contribution in [2.45, 2.75) is 13.5 Å². The molecule has 0 atom stereocenters. The largest absolute Gasteiger partial charge is 0.494 e. The Kier molecular flexibility index (Phi) is 5.79. The number of nitrogens with zero attached hydrogens (tertiary/aromatic N) is 5. The lowest BCUT2D eigenvalue weighted by Crippen LogP contribution is -2.37. The summed E-state index contributed by atoms with van der Waals surface area (Å²) in [4.78, 5) is 31.0. The van der Waals surface area contributed by atoms with E-state index in [0.29, 0.717) is 48.8 Å². The van der Waals surface area contributed by atoms with E-state index in [2.05, 4.69) is 25.3 Å². The summed E-state index contributed by atoms with van der Waals surface area (Å²) in [5.41, 5.74) is 1.37. The highest BCUT2D eigenvalue weighted by Gasteiger charge is 2.18. The van der Waals surface area contributed by atoms with Crippen LogP contribution in [-0.2, 0) is 11.3 Å². The summed E-state index contributed by atoms with van der Waals surface area (Å²) in [6.45, 7) is 4.65. The molecule has 1 saturated heterocycles. The number of carbonyl (C=O) groups is 1. The molecular formula is C16H19ClN6O3. The lowest BCUT2D eigenvalue weighted by molar-refractivity contribution is 0.0939. The van der Waals surface area contributed by atoms with Gasteiger partial charge < -0.3 is 19.7 Å². The molecule has 0 aromatic carbocycles. The first-order chi connectivity index (χ1) is 12.6. The molecule has 2 aromatic heterocycles. The molecule has 0 unspecified atom stereocenters. The molecule has 1 aliphatic rings. The van der Waals surface area contributed by atoms with Gasteiger partial charge in [-0.05, 0) is 6.92 Å². The van der Waals surface area contributed by atoms with E-state index in [9.17, 15) is 4.79 Å². The molecule has 0 bridgehead atoms. The Hall–Kier alpha value is -2.52. The maximum Gasteiger partial charge on any atom is 0.289 e. The van der Waals surface area contributed by atoms with Crippen LogP contribution in [0.5, 0.6) is 5.75 Å². The third-order valence-electron chi connectivity index (χ3n) is 3.95. The Labute approximate surface area is 155 Å². The third kappa shape index (κ3) is 4.17. The number of amides is 1. The lowest BCUT2D eigenvalue weighted by Gasteiger charge is -2.27. The van der Waals surface area contributed by atoms with Gasteiger partial charge >= 0.3 is 0 Å². The molecule has 138 valence electrons. The molecular weight excluding hydrogens is 360 g/mol. The van der Waals surface area contributed by atoms with Crippen molar-refractivity contribution in [1.82, 2.24) is 25.3 Å². The molecule has 9 nitrogen and oxygen atoms in total. The normalized spacial score (nSPS) is 14.2. The highest BCUT2D eigenvalue weighted by Crippen LogP contribution is 2.20. The summed E-state index contributed by atoms with van der Waals surface area (Å²) in [7, 11) is 1.51. The number of ether oxygens (including phenoxy) is 2. The molecule has 0 saturated carbocycles. The van der Waals surface area contributed by atoms with Crippen LogP contribution in [0, 0.1) is 6.92 Å². The second-order valence-corrected chi connectivity index (χ2v) is 5.97. The highest BCUT2D eigenvalue weighted by atomic mass is 35.5. The van der Waals surface area contributed by atoms with E-state index < -0.39 is 5.91 Å². The number of halogens is 1. The highest BCUT2D eigenvalue weighted by molar-refractivity contribution is 6.30. The third-order valence-corrected chi connectivity index (χ3v) is 4.32. The van der Waals surface area contributed by atoms with Crippen molar-refractivity contribution in [3.63, 3.8) is 0 Å². The summed E-state index contributed by atoms with van der Waals surface area (Å²) in [6.07, 6.45) is 2.87. The second-order valence-electron chi connectivity index (χ2n) is 5.61. The molecule has 1 amide bonds. The van der Waals surface area contributed by atoms with E-state index in [4.69, 9.17) is 21.1 Å². The van der Waals surface area contributed by atoms with Crippen LogP contribution in [0.2, 0.25) is 5.15 Å². The number of hydrogen-bond acceptors (Lipinski definition) is 8. The van der Waals surface area contributed by atoms with Gasteiger partial charge in [0.25, 0.3) is 5.91 Å². The van der Waals surface area contributed by atoms with Crippen molar-refractivity contribution in [2.75, 3.05) is 38.3 Å². The average molecular weight is 379 g/mol. The van der Waals surface area contributed by atoms with Crippen LogP contribution >= 0.6 is 11.6 Å². The maximum absolute atomic E-state index is 12.2. The molecule has 2 aromatic rings. The predicted molar refractivity (Wildman–Crippen MR) is 94.6 cm³/mol. The van der Waals surface area contributed by atoms with Gasteiger partial charge in [0.15, 0.2) is 5.75 Å². The number of methoxy groups -OCH3 is 1. The van der Waals surface area contributed by atoms with Crippen molar-refractivity contribution in [2.24, 2.45) is 0 Å². The molecule has 3 heterocycles. The van der Waals surface area contributed by atoms with Crippen molar-refractivity contribution in [1.29, 1.82) is 0 Å². The molecule has 1 fully saturated rings. The zero-order valence-corrected chi connectivity index (χ0v) is 15.3. The molecule has 1 N–H and O–H groups in total. The first kappa shape index (κ1) is 18.3. The Balaban J connectivity index is 1.71. The summed E-state index contributed by atoms with van der Waals surface area (Å²) in [5.74, 6) is 0.663. The van der Waals surface area contributed by atoms with Crippen LogP contribution in [0.25, 0.3) is 0 Å². The van der Waals surface area contributed by atoms with Crippen LogP contribution in [0.3, 0.4) is 0 Å². The first-order valence-corrected chi connectivity index (χ1v) is 8.46. The zero-order valence-electron chi connectivity index (χ0n) is 14.5. The topological polar surface area (TPSA) is 102 Å². The van der Waals surface area contributed by atoms with Crippen LogP contribution in [0.4, 0.5) is 5.95 Å². The molecule has 26 heavy (non-hydrogen) atoms. The minimum Gasteiger partial charge on any atom is -0.494 e. The standard InChI is InChI=1S/C16H19ClN6O3/c1-10-12(9-20-15(24)14-18-7-11(25-2)8-19-14)21-16(22-13(10)17)23-3-5-26-6-4-23/h7-8H,3-6,9H2,1-2H3,(H,20,24). The van der Waals surface area contributed by atoms with Crippen molar-refractivity contribution in [3.05, 3.63) is 34.6 Å². The smallest absolute Gasteiger partial charge is 0.289 e. The van der Waals surface area contributed by atoms with Crippen LogP contribution in [0.1, 0.15) is 21.9 Å². The van der Waals surface area contributed by atoms with Crippen molar-refractivity contribution >= 4 is 23.5 Å². The Morgan fingerprint density at radius 2 is 2.00 bits per heavy atom. The van der Waals surface area contributed by atoms with Gasteiger partial charge in [0.05, 0.1) is 45.0 Å². The van der Waals surface area contributed by atoms with Gasteiger partial charge in [0.1, 0.15) is 5.15 Å². The minimum atomic E-state index is -0.408. The van der Waals surface area contributed by atoms with E-state index in [1.54, 1.807) is 0 Å². The van der Waals surface area contributed by atoms with E-state index in [-0.39, 0.29) is 12.4 Å². The predicted octanol–water partition coefficient (Wildman–Crippen LogP) is 1.00. The van der Waals surface area contributed by atoms with Gasteiger partial charge in [-0.3, -0.25) is 4.79 Å². The Morgan fingerprint density at radius 1 is 1.31 bits per heavy atom. The summed E-state index contributed by atoms with van der Waals surface area (Å²) >= 11 is 6.24. The number of morpholine rings is 1. The van der Waals surface area contributed by atoms with Gasteiger partial charge in [0.2, 0.25) is 11.8 Å². The molecule has 10 heteroatoms. The fraction of sp³-hybridized carbons (Fsp3) is 0.438. The quantitative estimate of drug-likeness (QED) is 0.769. The maximum atomic E-state index is 12.2. The number of aromatic nitrogens is 4. The van der Waals surface area contributed by atoms with E-state index in [1.165, 1.54) is 19.5 Å². The summed E-state index contributed by atoms with van der Waals surface area (Å²) in [5, 5.41) is 3.12. The minimum absolute atomic E-state index is 0.0528. The number of anilines is 1. The average Bonchev–Trinajstić information content (AvgIpc) is 2.69. The van der Waals surface area contributed by atoms with Crippen LogP contribution in [-0.4, -0.2) is 59.3 Å². The second kappa shape index (κ2) is 8.24. The van der Waals surface area contributed by atoms with Crippen molar-refractivity contribution in [3.8, 4) is 5.75 Å². The van der Waals surface area contributed by atoms with Gasteiger partial charge in [0, 0.05) is 18.7 Å². The molecule has 3 rings (SSSR count). The molecule has 0 radical (unpaired) electrons. The van der Waals surface area contributed by atoms with Gasteiger partial charge in [-0.15, -0.1) is 0 Å². The lowest BCUT2D eigenvalue weighted by atomic mass is 10.2. The summed E-state index contributed by atoms with van der Waals surface area (Å²) < 4.78 is 10.3. The fourth-order valence-electron chi connectivity index (χ4n) is 2.38. The summed E-state index contributed by atoms with van der Waals surface area (Å²) in [6, 6.07) is 0. The Morgan fingerprint density at radius 3 is 2.65 bits per heavy atom. The Bertz CT molecular complexity index is 780. The molecule has 0 spiro atoms.